The van der Waals surface area contributed by atoms with E-state index in [1.165, 1.54) is 0 Å². The smallest absolute Gasteiger partial charge is 0.162 e. The van der Waals surface area contributed by atoms with E-state index in [0.29, 0.717) is 16.5 Å². The Morgan fingerprint density at radius 1 is 1.25 bits per heavy atom. The molecule has 2 rings (SSSR count). The van der Waals surface area contributed by atoms with Gasteiger partial charge < -0.3 is 5.73 Å². The van der Waals surface area contributed by atoms with Crippen LogP contribution in [0.3, 0.4) is 0 Å². The highest BCUT2D eigenvalue weighted by Crippen LogP contribution is 2.20. The van der Waals surface area contributed by atoms with Gasteiger partial charge in [0, 0.05) is 11.6 Å². The highest BCUT2D eigenvalue weighted by atomic mass is 35.5. The first kappa shape index (κ1) is 7.31. The summed E-state index contributed by atoms with van der Waals surface area (Å²) in [7, 11) is 0. The molecule has 0 amide bonds. The lowest BCUT2D eigenvalue weighted by Crippen LogP contribution is -1.91. The summed E-state index contributed by atoms with van der Waals surface area (Å²) in [5.74, 6) is 0.456. The normalized spacial score (nSPS) is 10.4. The summed E-state index contributed by atoms with van der Waals surface area (Å²) >= 11 is 5.89. The fourth-order valence-electron chi connectivity index (χ4n) is 1.01. The zero-order chi connectivity index (χ0) is 8.55. The van der Waals surface area contributed by atoms with Crippen molar-refractivity contribution < 1.29 is 0 Å². The van der Waals surface area contributed by atoms with Crippen molar-refractivity contribution in [1.29, 1.82) is 0 Å². The van der Waals surface area contributed by atoms with Crippen molar-refractivity contribution in [3.8, 4) is 0 Å². The van der Waals surface area contributed by atoms with Crippen molar-refractivity contribution in [1.82, 2.24) is 9.97 Å². The molecule has 2 aromatic rings. The predicted molar refractivity (Wildman–Crippen MR) is 49.0 cm³/mol. The molecule has 0 aliphatic carbocycles. The number of rotatable bonds is 0. The lowest BCUT2D eigenvalue weighted by Gasteiger charge is -1.98. The Labute approximate surface area is 74.2 Å². The standard InChI is InChI=1S/C8H6ClN3/c9-6-3-4-11-8-5(6)1-2-7(10)12-8/h1-4H,(H2,10,11,12). The van der Waals surface area contributed by atoms with E-state index >= 15 is 0 Å². The maximum Gasteiger partial charge on any atom is 0.162 e. The van der Waals surface area contributed by atoms with E-state index in [-0.39, 0.29) is 0 Å². The number of pyridine rings is 2. The van der Waals surface area contributed by atoms with Crippen LogP contribution in [-0.2, 0) is 0 Å². The third-order valence-electron chi connectivity index (χ3n) is 1.57. The van der Waals surface area contributed by atoms with Crippen molar-refractivity contribution in [3.05, 3.63) is 29.4 Å². The van der Waals surface area contributed by atoms with Crippen LogP contribution in [0.1, 0.15) is 0 Å². The van der Waals surface area contributed by atoms with Gasteiger partial charge >= 0.3 is 0 Å². The number of anilines is 1. The molecule has 0 aliphatic rings. The van der Waals surface area contributed by atoms with Gasteiger partial charge in [-0.25, -0.2) is 9.97 Å². The van der Waals surface area contributed by atoms with Crippen LogP contribution in [0.25, 0.3) is 11.0 Å². The lowest BCUT2D eigenvalue weighted by molar-refractivity contribution is 1.29. The number of hydrogen-bond donors (Lipinski definition) is 1. The largest absolute Gasteiger partial charge is 0.384 e. The summed E-state index contributed by atoms with van der Waals surface area (Å²) in [6, 6.07) is 5.24. The molecular weight excluding hydrogens is 174 g/mol. The van der Waals surface area contributed by atoms with Gasteiger partial charge in [-0.05, 0) is 18.2 Å². The molecule has 0 aliphatic heterocycles. The number of fused-ring (bicyclic) bond motifs is 1. The van der Waals surface area contributed by atoms with Gasteiger partial charge in [0.2, 0.25) is 0 Å². The molecule has 0 atom stereocenters. The topological polar surface area (TPSA) is 51.8 Å². The third-order valence-corrected chi connectivity index (χ3v) is 1.90. The van der Waals surface area contributed by atoms with Crippen LogP contribution >= 0.6 is 11.6 Å². The van der Waals surface area contributed by atoms with Crippen LogP contribution in [0.5, 0.6) is 0 Å². The second-order valence-electron chi connectivity index (χ2n) is 2.40. The van der Waals surface area contributed by atoms with Gasteiger partial charge in [-0.15, -0.1) is 0 Å². The van der Waals surface area contributed by atoms with E-state index in [1.807, 2.05) is 6.07 Å². The molecule has 0 aromatic carbocycles. The molecule has 12 heavy (non-hydrogen) atoms. The molecule has 2 N–H and O–H groups in total. The minimum Gasteiger partial charge on any atom is -0.384 e. The summed E-state index contributed by atoms with van der Waals surface area (Å²) in [4.78, 5) is 8.05. The summed E-state index contributed by atoms with van der Waals surface area (Å²) in [5.41, 5.74) is 6.07. The Bertz CT molecular complexity index is 428. The molecule has 0 radical (unpaired) electrons. The molecule has 2 heterocycles. The molecular formula is C8H6ClN3. The molecule has 0 saturated heterocycles. The lowest BCUT2D eigenvalue weighted by atomic mass is 10.3. The Balaban J connectivity index is 2.86. The van der Waals surface area contributed by atoms with Crippen LogP contribution in [0, 0.1) is 0 Å². The van der Waals surface area contributed by atoms with Crippen LogP contribution in [0.2, 0.25) is 5.02 Å². The van der Waals surface area contributed by atoms with Crippen molar-refractivity contribution >= 4 is 28.5 Å². The Kier molecular flexibility index (Phi) is 1.59. The Morgan fingerprint density at radius 3 is 2.92 bits per heavy atom. The quantitative estimate of drug-likeness (QED) is 0.672. The summed E-state index contributed by atoms with van der Waals surface area (Å²) in [6.07, 6.45) is 1.61. The molecule has 4 heteroatoms. The molecule has 0 unspecified atom stereocenters. The zero-order valence-corrected chi connectivity index (χ0v) is 6.92. The number of nitrogen functional groups attached to an aromatic ring is 1. The van der Waals surface area contributed by atoms with Gasteiger partial charge in [0.25, 0.3) is 0 Å². The summed E-state index contributed by atoms with van der Waals surface area (Å²) in [5, 5.41) is 1.47. The first-order valence-electron chi connectivity index (χ1n) is 3.44. The van der Waals surface area contributed by atoms with E-state index in [9.17, 15) is 0 Å². The summed E-state index contributed by atoms with van der Waals surface area (Å²) < 4.78 is 0. The van der Waals surface area contributed by atoms with E-state index in [2.05, 4.69) is 9.97 Å². The van der Waals surface area contributed by atoms with Crippen molar-refractivity contribution in [2.45, 2.75) is 0 Å². The van der Waals surface area contributed by atoms with Crippen LogP contribution < -0.4 is 5.73 Å². The van der Waals surface area contributed by atoms with Crippen molar-refractivity contribution in [2.24, 2.45) is 0 Å². The van der Waals surface area contributed by atoms with Gasteiger partial charge in [-0.2, -0.15) is 0 Å². The maximum absolute atomic E-state index is 5.89. The number of nitrogens with two attached hydrogens (primary N) is 1. The number of hydrogen-bond acceptors (Lipinski definition) is 3. The van der Waals surface area contributed by atoms with Gasteiger partial charge in [-0.1, -0.05) is 11.6 Å². The molecule has 0 bridgehead atoms. The molecule has 0 fully saturated rings. The average molecular weight is 180 g/mol. The average Bonchev–Trinajstić information content (AvgIpc) is 2.04. The monoisotopic (exact) mass is 179 g/mol. The van der Waals surface area contributed by atoms with Gasteiger partial charge in [0.1, 0.15) is 5.82 Å². The molecule has 3 nitrogen and oxygen atoms in total. The molecule has 0 spiro atoms. The first-order chi connectivity index (χ1) is 5.77. The molecule has 2 aromatic heterocycles. The highest BCUT2D eigenvalue weighted by molar-refractivity contribution is 6.35. The SMILES string of the molecule is Nc1ccc2c(Cl)ccnc2n1. The van der Waals surface area contributed by atoms with Crippen LogP contribution in [-0.4, -0.2) is 9.97 Å². The number of aromatic nitrogens is 2. The Morgan fingerprint density at radius 2 is 2.08 bits per heavy atom. The maximum atomic E-state index is 5.89. The molecule has 0 saturated carbocycles. The second-order valence-corrected chi connectivity index (χ2v) is 2.81. The molecule has 60 valence electrons. The number of halogens is 1. The fourth-order valence-corrected chi connectivity index (χ4v) is 1.21. The van der Waals surface area contributed by atoms with Crippen LogP contribution in [0.4, 0.5) is 5.82 Å². The van der Waals surface area contributed by atoms with E-state index in [1.54, 1.807) is 18.3 Å². The fraction of sp³-hybridized carbons (Fsp3) is 0. The van der Waals surface area contributed by atoms with Gasteiger partial charge in [0.15, 0.2) is 5.65 Å². The Hall–Kier alpha value is -1.35. The first-order valence-corrected chi connectivity index (χ1v) is 3.82. The zero-order valence-electron chi connectivity index (χ0n) is 6.16. The van der Waals surface area contributed by atoms with Crippen molar-refractivity contribution in [3.63, 3.8) is 0 Å². The highest BCUT2D eigenvalue weighted by Gasteiger charge is 1.99. The second kappa shape index (κ2) is 2.60. The van der Waals surface area contributed by atoms with E-state index in [0.717, 1.165) is 5.39 Å². The predicted octanol–water partition coefficient (Wildman–Crippen LogP) is 1.87. The van der Waals surface area contributed by atoms with Gasteiger partial charge in [-0.3, -0.25) is 0 Å². The number of nitrogens with zero attached hydrogens (tertiary/aromatic N) is 2. The van der Waals surface area contributed by atoms with Gasteiger partial charge in [0.05, 0.1) is 5.02 Å². The van der Waals surface area contributed by atoms with Crippen LogP contribution in [0.15, 0.2) is 24.4 Å². The minimum atomic E-state index is 0.456. The van der Waals surface area contributed by atoms with E-state index < -0.39 is 0 Å². The van der Waals surface area contributed by atoms with E-state index in [4.69, 9.17) is 17.3 Å². The summed E-state index contributed by atoms with van der Waals surface area (Å²) in [6.45, 7) is 0. The third kappa shape index (κ3) is 1.08. The minimum absolute atomic E-state index is 0.456. The van der Waals surface area contributed by atoms with Crippen molar-refractivity contribution in [2.75, 3.05) is 5.73 Å².